The molecule has 2 rings (SSSR count). The second-order valence-electron chi connectivity index (χ2n) is 5.14. The van der Waals surface area contributed by atoms with Gasteiger partial charge in [-0.05, 0) is 6.92 Å². The number of thioether (sulfide) groups is 1. The van der Waals surface area contributed by atoms with Crippen LogP contribution < -0.4 is 16.0 Å². The Hall–Kier alpha value is -2.42. The summed E-state index contributed by atoms with van der Waals surface area (Å²) in [6.07, 6.45) is 7.22. The van der Waals surface area contributed by atoms with E-state index in [-0.39, 0.29) is 23.6 Å². The molecule has 8 nitrogen and oxygen atoms in total. The van der Waals surface area contributed by atoms with Crippen molar-refractivity contribution in [3.8, 4) is 0 Å². The van der Waals surface area contributed by atoms with Crippen molar-refractivity contribution >= 4 is 29.5 Å². The van der Waals surface area contributed by atoms with Gasteiger partial charge in [-0.25, -0.2) is 4.98 Å². The van der Waals surface area contributed by atoms with E-state index in [9.17, 15) is 14.4 Å². The number of nitrogens with zero attached hydrogens (tertiary/aromatic N) is 2. The number of hydrogen-bond acceptors (Lipinski definition) is 6. The fourth-order valence-corrected chi connectivity index (χ4v) is 2.83. The largest absolute Gasteiger partial charge is 0.352 e. The van der Waals surface area contributed by atoms with Crippen molar-refractivity contribution < 1.29 is 14.4 Å². The molecule has 0 saturated carbocycles. The fraction of sp³-hybridized carbons (Fsp3) is 0.400. The molecule has 0 fully saturated rings. The van der Waals surface area contributed by atoms with Gasteiger partial charge in [0.15, 0.2) is 0 Å². The van der Waals surface area contributed by atoms with Crippen LogP contribution >= 0.6 is 11.8 Å². The van der Waals surface area contributed by atoms with Crippen LogP contribution in [0, 0.1) is 0 Å². The molecule has 0 spiro atoms. The lowest BCUT2D eigenvalue weighted by molar-refractivity contribution is -0.123. The number of carbonyl (C=O) groups excluding carboxylic acids is 3. The lowest BCUT2D eigenvalue weighted by Crippen LogP contribution is -2.50. The Morgan fingerprint density at radius 1 is 1.38 bits per heavy atom. The van der Waals surface area contributed by atoms with Crippen LogP contribution in [-0.2, 0) is 9.59 Å². The van der Waals surface area contributed by atoms with Crippen molar-refractivity contribution in [3.05, 3.63) is 36.4 Å². The average Bonchev–Trinajstić information content (AvgIpc) is 2.58. The van der Waals surface area contributed by atoms with Gasteiger partial charge in [-0.2, -0.15) is 11.8 Å². The maximum atomic E-state index is 12.4. The van der Waals surface area contributed by atoms with E-state index in [1.807, 2.05) is 0 Å². The van der Waals surface area contributed by atoms with Gasteiger partial charge < -0.3 is 16.0 Å². The Morgan fingerprint density at radius 2 is 2.21 bits per heavy atom. The minimum Gasteiger partial charge on any atom is -0.352 e. The van der Waals surface area contributed by atoms with Crippen molar-refractivity contribution in [2.45, 2.75) is 19.0 Å². The van der Waals surface area contributed by atoms with Gasteiger partial charge in [-0.1, -0.05) is 6.08 Å². The van der Waals surface area contributed by atoms with Gasteiger partial charge in [0.1, 0.15) is 11.7 Å². The predicted molar refractivity (Wildman–Crippen MR) is 90.4 cm³/mol. The first-order chi connectivity index (χ1) is 11.6. The first-order valence-electron chi connectivity index (χ1n) is 7.47. The summed E-state index contributed by atoms with van der Waals surface area (Å²) in [5.74, 6) is 0.0828. The van der Waals surface area contributed by atoms with E-state index in [2.05, 4.69) is 25.9 Å². The molecule has 3 N–H and O–H groups in total. The molecule has 2 heterocycles. The quantitative estimate of drug-likeness (QED) is 0.663. The van der Waals surface area contributed by atoms with E-state index in [0.717, 1.165) is 0 Å². The number of nitrogens with one attached hydrogen (secondary N) is 3. The van der Waals surface area contributed by atoms with Crippen LogP contribution in [0.3, 0.4) is 0 Å². The van der Waals surface area contributed by atoms with Crippen LogP contribution in [0.2, 0.25) is 0 Å². The zero-order valence-electron chi connectivity index (χ0n) is 13.2. The van der Waals surface area contributed by atoms with Gasteiger partial charge in [0.05, 0.1) is 6.20 Å². The standard InChI is InChI=1S/C15H19N5O3S/c1-10-2-3-13(21)18-6-7-24-9-12(15(23)19-10)20-14(22)11-8-16-4-5-17-11/h2-5,8,10,12H,6-7,9H2,1H3,(H,18,21)(H,19,23)(H,20,22)/b3-2-/t10-,12-/m0/s1. The van der Waals surface area contributed by atoms with E-state index in [1.54, 1.807) is 13.0 Å². The third-order valence-corrected chi connectivity index (χ3v) is 4.22. The zero-order chi connectivity index (χ0) is 17.4. The molecule has 24 heavy (non-hydrogen) atoms. The van der Waals surface area contributed by atoms with Gasteiger partial charge in [0.2, 0.25) is 11.8 Å². The SMILES string of the molecule is C[C@H]1/C=C\C(=O)NCCSC[C@H](NC(=O)c2cnccn2)C(=O)N1. The Labute approximate surface area is 143 Å². The first kappa shape index (κ1) is 17.9. The number of amides is 3. The Morgan fingerprint density at radius 3 is 2.96 bits per heavy atom. The second kappa shape index (κ2) is 9.02. The topological polar surface area (TPSA) is 113 Å². The molecule has 0 radical (unpaired) electrons. The van der Waals surface area contributed by atoms with Crippen molar-refractivity contribution in [3.63, 3.8) is 0 Å². The second-order valence-corrected chi connectivity index (χ2v) is 6.29. The average molecular weight is 349 g/mol. The molecule has 3 amide bonds. The molecule has 1 aromatic heterocycles. The first-order valence-corrected chi connectivity index (χ1v) is 8.63. The molecule has 1 aliphatic heterocycles. The number of carbonyl (C=O) groups is 3. The van der Waals surface area contributed by atoms with E-state index in [0.29, 0.717) is 18.1 Å². The van der Waals surface area contributed by atoms with E-state index >= 15 is 0 Å². The number of aromatic nitrogens is 2. The van der Waals surface area contributed by atoms with E-state index in [1.165, 1.54) is 36.4 Å². The summed E-state index contributed by atoms with van der Waals surface area (Å²) in [7, 11) is 0. The van der Waals surface area contributed by atoms with Crippen molar-refractivity contribution in [2.24, 2.45) is 0 Å². The lowest BCUT2D eigenvalue weighted by Gasteiger charge is -2.20. The van der Waals surface area contributed by atoms with Crippen LogP contribution in [-0.4, -0.2) is 57.8 Å². The van der Waals surface area contributed by atoms with Crippen molar-refractivity contribution in [2.75, 3.05) is 18.1 Å². The monoisotopic (exact) mass is 349 g/mol. The molecule has 1 aliphatic rings. The van der Waals surface area contributed by atoms with Gasteiger partial charge in [-0.15, -0.1) is 0 Å². The minimum atomic E-state index is -0.699. The minimum absolute atomic E-state index is 0.154. The molecule has 0 saturated heterocycles. The van der Waals surface area contributed by atoms with Crippen molar-refractivity contribution in [1.82, 2.24) is 25.9 Å². The number of rotatable bonds is 2. The van der Waals surface area contributed by atoms with Crippen LogP contribution in [0.1, 0.15) is 17.4 Å². The smallest absolute Gasteiger partial charge is 0.272 e. The summed E-state index contributed by atoms with van der Waals surface area (Å²) in [5.41, 5.74) is 0.154. The van der Waals surface area contributed by atoms with Crippen LogP contribution in [0.25, 0.3) is 0 Å². The molecule has 1 aromatic rings. The normalized spacial score (nSPS) is 23.9. The summed E-state index contributed by atoms with van der Waals surface area (Å²) in [5, 5.41) is 8.18. The molecule has 0 aliphatic carbocycles. The van der Waals surface area contributed by atoms with Gasteiger partial charge in [0.25, 0.3) is 5.91 Å². The van der Waals surface area contributed by atoms with Crippen LogP contribution in [0.5, 0.6) is 0 Å². The Bertz CT molecular complexity index is 623. The number of hydrogen-bond donors (Lipinski definition) is 3. The highest BCUT2D eigenvalue weighted by atomic mass is 32.2. The maximum absolute atomic E-state index is 12.4. The zero-order valence-corrected chi connectivity index (χ0v) is 14.0. The predicted octanol–water partition coefficient (Wildman–Crippen LogP) is -0.501. The van der Waals surface area contributed by atoms with Gasteiger partial charge in [0, 0.05) is 42.6 Å². The highest BCUT2D eigenvalue weighted by Gasteiger charge is 2.23. The molecule has 0 unspecified atom stereocenters. The third kappa shape index (κ3) is 5.65. The molecule has 2 atom stereocenters. The Balaban J connectivity index is 2.05. The summed E-state index contributed by atoms with van der Waals surface area (Å²) in [4.78, 5) is 43.8. The molecular formula is C15H19N5O3S. The van der Waals surface area contributed by atoms with E-state index in [4.69, 9.17) is 0 Å². The molecule has 9 heteroatoms. The Kier molecular flexibility index (Phi) is 6.74. The van der Waals surface area contributed by atoms with Crippen LogP contribution in [0.15, 0.2) is 30.7 Å². The maximum Gasteiger partial charge on any atom is 0.272 e. The molecular weight excluding hydrogens is 330 g/mol. The molecule has 0 aromatic carbocycles. The third-order valence-electron chi connectivity index (χ3n) is 3.15. The van der Waals surface area contributed by atoms with E-state index < -0.39 is 11.9 Å². The summed E-state index contributed by atoms with van der Waals surface area (Å²) in [6.45, 7) is 2.25. The highest BCUT2D eigenvalue weighted by Crippen LogP contribution is 2.05. The summed E-state index contributed by atoms with van der Waals surface area (Å²) < 4.78 is 0. The van der Waals surface area contributed by atoms with Crippen molar-refractivity contribution in [1.29, 1.82) is 0 Å². The fourth-order valence-electron chi connectivity index (χ4n) is 1.94. The van der Waals surface area contributed by atoms with Gasteiger partial charge >= 0.3 is 0 Å². The summed E-state index contributed by atoms with van der Waals surface area (Å²) >= 11 is 1.47. The van der Waals surface area contributed by atoms with Crippen LogP contribution in [0.4, 0.5) is 0 Å². The molecule has 0 bridgehead atoms. The highest BCUT2D eigenvalue weighted by molar-refractivity contribution is 7.99. The summed E-state index contributed by atoms with van der Waals surface area (Å²) in [6, 6.07) is -1.03. The molecule has 128 valence electrons. The lowest BCUT2D eigenvalue weighted by atomic mass is 10.2. The van der Waals surface area contributed by atoms with Gasteiger partial charge in [-0.3, -0.25) is 19.4 Å².